The third-order valence-corrected chi connectivity index (χ3v) is 7.15. The molecule has 1 unspecified atom stereocenters. The van der Waals surface area contributed by atoms with Gasteiger partial charge in [0, 0.05) is 5.41 Å². The molecule has 0 spiro atoms. The predicted octanol–water partition coefficient (Wildman–Crippen LogP) is 7.13. The van der Waals surface area contributed by atoms with Crippen LogP contribution in [0.15, 0.2) is 35.9 Å². The SMILES string of the molecule is CC(C)(C)c1ccc(C2=CC(O)C(C(C)(C)C)(C(C)(C)C)C=C2C(=O)O)c(C(C)(C)C)c1. The van der Waals surface area contributed by atoms with Crippen LogP contribution < -0.4 is 0 Å². The maximum atomic E-state index is 12.6. The highest BCUT2D eigenvalue weighted by Gasteiger charge is 2.55. The van der Waals surface area contributed by atoms with Crippen LogP contribution in [-0.2, 0) is 15.6 Å². The van der Waals surface area contributed by atoms with E-state index in [9.17, 15) is 15.0 Å². The van der Waals surface area contributed by atoms with Gasteiger partial charge in [-0.1, -0.05) is 107 Å². The number of rotatable bonds is 2. The van der Waals surface area contributed by atoms with Crippen molar-refractivity contribution in [2.45, 2.75) is 100 Å². The lowest BCUT2D eigenvalue weighted by molar-refractivity contribution is -0.132. The van der Waals surface area contributed by atoms with Crippen molar-refractivity contribution in [3.8, 4) is 0 Å². The first-order chi connectivity index (χ1) is 14.1. The zero-order valence-electron chi connectivity index (χ0n) is 22.3. The third kappa shape index (κ3) is 4.46. The summed E-state index contributed by atoms with van der Waals surface area (Å²) in [6.07, 6.45) is 2.83. The second-order valence-corrected chi connectivity index (χ2v) is 13.5. The summed E-state index contributed by atoms with van der Waals surface area (Å²) in [6, 6.07) is 6.34. The summed E-state index contributed by atoms with van der Waals surface area (Å²) in [5, 5.41) is 21.9. The largest absolute Gasteiger partial charge is 0.478 e. The zero-order valence-corrected chi connectivity index (χ0v) is 22.3. The van der Waals surface area contributed by atoms with Crippen molar-refractivity contribution in [1.82, 2.24) is 0 Å². The van der Waals surface area contributed by atoms with Crippen LogP contribution in [0.4, 0.5) is 0 Å². The maximum absolute atomic E-state index is 12.6. The van der Waals surface area contributed by atoms with Gasteiger partial charge in [-0.2, -0.15) is 0 Å². The van der Waals surface area contributed by atoms with Crippen molar-refractivity contribution in [3.63, 3.8) is 0 Å². The molecule has 1 atom stereocenters. The lowest BCUT2D eigenvalue weighted by atomic mass is 9.49. The Morgan fingerprint density at radius 2 is 1.34 bits per heavy atom. The molecule has 1 aromatic rings. The van der Waals surface area contributed by atoms with Gasteiger partial charge in [-0.25, -0.2) is 4.79 Å². The number of carboxylic acid groups (broad SMARTS) is 1. The van der Waals surface area contributed by atoms with E-state index in [4.69, 9.17) is 0 Å². The first kappa shape index (κ1) is 26.4. The Morgan fingerprint density at radius 1 is 0.844 bits per heavy atom. The van der Waals surface area contributed by atoms with Gasteiger partial charge in [0.1, 0.15) is 0 Å². The summed E-state index contributed by atoms with van der Waals surface area (Å²) in [4.78, 5) is 12.6. The highest BCUT2D eigenvalue weighted by Crippen LogP contribution is 2.58. The van der Waals surface area contributed by atoms with Gasteiger partial charge in [0.2, 0.25) is 0 Å². The van der Waals surface area contributed by atoms with Crippen LogP contribution in [-0.4, -0.2) is 22.3 Å². The Labute approximate surface area is 195 Å². The van der Waals surface area contributed by atoms with E-state index in [-0.39, 0.29) is 27.2 Å². The molecule has 0 heterocycles. The number of carbonyl (C=O) groups is 1. The number of carboxylic acids is 1. The van der Waals surface area contributed by atoms with Crippen molar-refractivity contribution in [1.29, 1.82) is 0 Å². The van der Waals surface area contributed by atoms with Gasteiger partial charge in [-0.15, -0.1) is 0 Å². The Bertz CT molecular complexity index is 934. The second-order valence-electron chi connectivity index (χ2n) is 13.5. The molecule has 32 heavy (non-hydrogen) atoms. The number of aliphatic carboxylic acids is 1. The van der Waals surface area contributed by atoms with Crippen molar-refractivity contribution in [2.24, 2.45) is 16.2 Å². The molecule has 178 valence electrons. The minimum Gasteiger partial charge on any atom is -0.478 e. The molecule has 0 bridgehead atoms. The molecule has 1 aromatic carbocycles. The molecule has 2 N–H and O–H groups in total. The van der Waals surface area contributed by atoms with Crippen LogP contribution in [0.1, 0.15) is 99.8 Å². The topological polar surface area (TPSA) is 57.5 Å². The predicted molar refractivity (Wildman–Crippen MR) is 135 cm³/mol. The van der Waals surface area contributed by atoms with E-state index in [0.717, 1.165) is 11.1 Å². The molecule has 1 aliphatic rings. The second kappa shape index (κ2) is 7.87. The summed E-state index contributed by atoms with van der Waals surface area (Å²) >= 11 is 0. The fourth-order valence-corrected chi connectivity index (χ4v) is 5.49. The van der Waals surface area contributed by atoms with Crippen LogP contribution in [0.3, 0.4) is 0 Å². The van der Waals surface area contributed by atoms with Crippen LogP contribution in [0, 0.1) is 16.2 Å². The first-order valence-electron chi connectivity index (χ1n) is 11.7. The summed E-state index contributed by atoms with van der Waals surface area (Å²) in [5.74, 6) is -0.958. The molecule has 0 fully saturated rings. The fourth-order valence-electron chi connectivity index (χ4n) is 5.49. The van der Waals surface area contributed by atoms with Crippen molar-refractivity contribution in [2.75, 3.05) is 0 Å². The van der Waals surface area contributed by atoms with Gasteiger partial charge in [-0.05, 0) is 50.0 Å². The smallest absolute Gasteiger partial charge is 0.336 e. The van der Waals surface area contributed by atoms with Gasteiger partial charge >= 0.3 is 5.97 Å². The first-order valence-corrected chi connectivity index (χ1v) is 11.7. The van der Waals surface area contributed by atoms with Gasteiger partial charge < -0.3 is 10.2 Å². The molecule has 0 aromatic heterocycles. The molecule has 3 heteroatoms. The molecule has 0 saturated heterocycles. The average Bonchev–Trinajstić information content (AvgIpc) is 2.56. The number of aliphatic hydroxyl groups is 1. The van der Waals surface area contributed by atoms with Gasteiger partial charge in [0.15, 0.2) is 0 Å². The highest BCUT2D eigenvalue weighted by atomic mass is 16.4. The number of hydrogen-bond acceptors (Lipinski definition) is 2. The molecular formula is C29H44O3. The lowest BCUT2D eigenvalue weighted by Gasteiger charge is -2.55. The van der Waals surface area contributed by atoms with Gasteiger partial charge in [0.25, 0.3) is 0 Å². The Hall–Kier alpha value is -1.87. The van der Waals surface area contributed by atoms with E-state index >= 15 is 0 Å². The number of hydrogen-bond donors (Lipinski definition) is 2. The van der Waals surface area contributed by atoms with Crippen molar-refractivity contribution >= 4 is 11.5 Å². The van der Waals surface area contributed by atoms with E-state index in [2.05, 4.69) is 95.2 Å². The quantitative estimate of drug-likeness (QED) is 0.514. The molecule has 0 amide bonds. The van der Waals surface area contributed by atoms with E-state index < -0.39 is 17.5 Å². The van der Waals surface area contributed by atoms with Crippen molar-refractivity contribution in [3.05, 3.63) is 52.6 Å². The number of aliphatic hydroxyl groups excluding tert-OH is 1. The average molecular weight is 441 g/mol. The molecule has 0 aliphatic heterocycles. The van der Waals surface area contributed by atoms with Gasteiger partial charge in [-0.3, -0.25) is 0 Å². The molecular weight excluding hydrogens is 396 g/mol. The third-order valence-electron chi connectivity index (χ3n) is 7.15. The number of benzene rings is 1. The van der Waals surface area contributed by atoms with Crippen LogP contribution >= 0.6 is 0 Å². The van der Waals surface area contributed by atoms with E-state index in [1.165, 1.54) is 5.56 Å². The molecule has 0 saturated carbocycles. The fraction of sp³-hybridized carbons (Fsp3) is 0.621. The van der Waals surface area contributed by atoms with Crippen LogP contribution in [0.5, 0.6) is 0 Å². The van der Waals surface area contributed by atoms with Crippen molar-refractivity contribution < 1.29 is 15.0 Å². The normalized spacial score (nSPS) is 20.0. The Kier molecular flexibility index (Phi) is 6.49. The summed E-state index contributed by atoms with van der Waals surface area (Å²) in [6.45, 7) is 25.5. The monoisotopic (exact) mass is 440 g/mol. The Balaban J connectivity index is 2.89. The van der Waals surface area contributed by atoms with E-state index in [1.54, 1.807) is 6.08 Å². The van der Waals surface area contributed by atoms with Gasteiger partial charge in [0.05, 0.1) is 11.7 Å². The zero-order chi connectivity index (χ0) is 25.1. The molecule has 0 radical (unpaired) electrons. The Morgan fingerprint density at radius 3 is 1.72 bits per heavy atom. The van der Waals surface area contributed by atoms with E-state index in [0.29, 0.717) is 5.57 Å². The summed E-state index contributed by atoms with van der Waals surface area (Å²) < 4.78 is 0. The minimum atomic E-state index is -0.958. The maximum Gasteiger partial charge on any atom is 0.336 e. The standard InChI is InChI=1S/C29H44O3/c1-25(2,3)18-13-14-19(22(15-18)26(4,5)6)20-16-23(30)29(27(7,8)9,28(10,11)12)17-21(20)24(31)32/h13-17,23,30H,1-12H3,(H,31,32). The van der Waals surface area contributed by atoms with E-state index in [1.807, 2.05) is 12.1 Å². The minimum absolute atomic E-state index is 0.0158. The molecule has 3 nitrogen and oxygen atoms in total. The summed E-state index contributed by atoms with van der Waals surface area (Å²) in [5.41, 5.74) is 2.43. The van der Waals surface area contributed by atoms with Crippen LogP contribution in [0.25, 0.3) is 5.57 Å². The highest BCUT2D eigenvalue weighted by molar-refractivity contribution is 6.06. The lowest BCUT2D eigenvalue weighted by Crippen LogP contribution is -2.54. The summed E-state index contributed by atoms with van der Waals surface area (Å²) in [7, 11) is 0. The van der Waals surface area contributed by atoms with Crippen LogP contribution in [0.2, 0.25) is 0 Å². The molecule has 2 rings (SSSR count). The molecule has 1 aliphatic carbocycles.